The Labute approximate surface area is 167 Å². The smallest absolute Gasteiger partial charge is 0.257 e. The second-order valence-corrected chi connectivity index (χ2v) is 8.81. The van der Waals surface area contributed by atoms with E-state index in [2.05, 4.69) is 5.32 Å². The van der Waals surface area contributed by atoms with Gasteiger partial charge in [-0.1, -0.05) is 30.7 Å². The Hall–Kier alpha value is -2.71. The van der Waals surface area contributed by atoms with Gasteiger partial charge in [-0.3, -0.25) is 14.4 Å². The number of nitrogens with one attached hydrogen (secondary N) is 1. The zero-order chi connectivity index (χ0) is 20.6. The van der Waals surface area contributed by atoms with E-state index in [1.165, 1.54) is 25.1 Å². The number of nitrogens with zero attached hydrogens (tertiary/aromatic N) is 1. The van der Waals surface area contributed by atoms with Crippen LogP contribution in [-0.2, 0) is 14.8 Å². The molecular weight excluding hydrogens is 404 g/mol. The molecule has 9 heteroatoms. The first-order valence-electron chi connectivity index (χ1n) is 8.39. The predicted molar refractivity (Wildman–Crippen MR) is 106 cm³/mol. The van der Waals surface area contributed by atoms with E-state index in [0.29, 0.717) is 11.3 Å². The summed E-state index contributed by atoms with van der Waals surface area (Å²) in [6.07, 6.45) is 0. The summed E-state index contributed by atoms with van der Waals surface area (Å²) in [5.41, 5.74) is 1.07. The van der Waals surface area contributed by atoms with Gasteiger partial charge in [0, 0.05) is 11.3 Å². The topological polar surface area (TPSA) is 101 Å². The summed E-state index contributed by atoms with van der Waals surface area (Å²) in [6.45, 7) is 2.96. The molecule has 0 radical (unpaired) electrons. The molecule has 1 aliphatic heterocycles. The molecule has 1 heterocycles. The number of carbonyl (C=O) groups excluding carboxylic acids is 3. The molecule has 0 saturated carbocycles. The molecule has 28 heavy (non-hydrogen) atoms. The molecule has 2 amide bonds. The fraction of sp³-hybridized carbons (Fsp3) is 0.211. The van der Waals surface area contributed by atoms with Crippen LogP contribution in [0.5, 0.6) is 0 Å². The molecule has 0 aliphatic carbocycles. The van der Waals surface area contributed by atoms with Crippen molar-refractivity contribution in [1.29, 1.82) is 0 Å². The van der Waals surface area contributed by atoms with Crippen molar-refractivity contribution in [2.24, 2.45) is 5.92 Å². The van der Waals surface area contributed by atoms with Crippen LogP contribution in [0.2, 0.25) is 5.02 Å². The zero-order valence-electron chi connectivity index (χ0n) is 15.1. The number of anilines is 2. The van der Waals surface area contributed by atoms with Gasteiger partial charge in [-0.15, -0.1) is 0 Å². The van der Waals surface area contributed by atoms with Gasteiger partial charge in [0.15, 0.2) is 5.78 Å². The van der Waals surface area contributed by atoms with Gasteiger partial charge < -0.3 is 5.32 Å². The normalized spacial score (nSPS) is 18.2. The number of ketones is 1. The maximum absolute atomic E-state index is 12.5. The monoisotopic (exact) mass is 420 g/mol. The van der Waals surface area contributed by atoms with E-state index in [1.54, 1.807) is 31.2 Å². The first-order chi connectivity index (χ1) is 13.1. The van der Waals surface area contributed by atoms with Crippen molar-refractivity contribution in [1.82, 2.24) is 0 Å². The van der Waals surface area contributed by atoms with Gasteiger partial charge >= 0.3 is 0 Å². The van der Waals surface area contributed by atoms with Crippen molar-refractivity contribution in [3.05, 3.63) is 58.6 Å². The van der Waals surface area contributed by atoms with Crippen molar-refractivity contribution in [3.63, 3.8) is 0 Å². The molecule has 146 valence electrons. The summed E-state index contributed by atoms with van der Waals surface area (Å²) >= 11 is 6.18. The lowest BCUT2D eigenvalue weighted by Crippen LogP contribution is -2.30. The van der Waals surface area contributed by atoms with Crippen molar-refractivity contribution >= 4 is 50.6 Å². The van der Waals surface area contributed by atoms with Gasteiger partial charge in [-0.25, -0.2) is 12.7 Å². The van der Waals surface area contributed by atoms with Gasteiger partial charge in [0.2, 0.25) is 15.9 Å². The van der Waals surface area contributed by atoms with Crippen molar-refractivity contribution in [2.75, 3.05) is 15.4 Å². The molecule has 3 rings (SSSR count). The summed E-state index contributed by atoms with van der Waals surface area (Å²) in [5, 5.41) is 2.64. The molecule has 0 spiro atoms. The molecule has 2 aromatic carbocycles. The lowest BCUT2D eigenvalue weighted by Gasteiger charge is -2.16. The highest BCUT2D eigenvalue weighted by molar-refractivity contribution is 7.94. The lowest BCUT2D eigenvalue weighted by atomic mass is 10.1. The van der Waals surface area contributed by atoms with E-state index >= 15 is 0 Å². The highest BCUT2D eigenvalue weighted by atomic mass is 35.5. The zero-order valence-corrected chi connectivity index (χ0v) is 16.7. The minimum absolute atomic E-state index is 0.000255. The van der Waals surface area contributed by atoms with Crippen LogP contribution in [0.15, 0.2) is 42.5 Å². The number of sulfonamides is 1. The third-order valence-corrected chi connectivity index (χ3v) is 6.50. The third kappa shape index (κ3) is 3.79. The molecule has 1 aliphatic rings. The van der Waals surface area contributed by atoms with Crippen LogP contribution in [0, 0.1) is 5.92 Å². The van der Waals surface area contributed by atoms with E-state index in [0.717, 1.165) is 4.31 Å². The van der Waals surface area contributed by atoms with E-state index in [1.807, 2.05) is 0 Å². The second-order valence-electron chi connectivity index (χ2n) is 6.54. The number of benzene rings is 2. The van der Waals surface area contributed by atoms with Gasteiger partial charge in [0.1, 0.15) is 0 Å². The summed E-state index contributed by atoms with van der Waals surface area (Å²) < 4.78 is 25.1. The third-order valence-electron chi connectivity index (χ3n) is 4.32. The Balaban J connectivity index is 1.87. The van der Waals surface area contributed by atoms with Crippen LogP contribution in [-0.4, -0.2) is 31.8 Å². The average Bonchev–Trinajstić information content (AvgIpc) is 2.82. The second kappa shape index (κ2) is 7.37. The Kier molecular flexibility index (Phi) is 5.27. The van der Waals surface area contributed by atoms with Gasteiger partial charge in [0.25, 0.3) is 5.91 Å². The van der Waals surface area contributed by atoms with E-state index in [-0.39, 0.29) is 27.8 Å². The Bertz CT molecular complexity index is 1100. The molecular formula is C19H17ClN2O5S. The number of Topliss-reactive ketones (excluding diaryl/α,β-unsaturated/α-hetero) is 1. The van der Waals surface area contributed by atoms with Crippen LogP contribution in [0.25, 0.3) is 0 Å². The standard InChI is InChI=1S/C19H17ClN2O5S/c1-11-10-28(26,27)22(19(11)25)15-6-7-16(17(20)9-15)18(24)21-14-5-3-4-13(8-14)12(2)23/h3-9,11H,10H2,1-2H3,(H,21,24)/t11-/m1/s1. The molecule has 1 atom stereocenters. The summed E-state index contributed by atoms with van der Waals surface area (Å²) in [7, 11) is -3.76. The summed E-state index contributed by atoms with van der Waals surface area (Å²) in [6, 6.07) is 10.4. The first-order valence-corrected chi connectivity index (χ1v) is 10.4. The Morgan fingerprint density at radius 3 is 2.46 bits per heavy atom. The number of rotatable bonds is 4. The minimum atomic E-state index is -3.76. The van der Waals surface area contributed by atoms with Crippen LogP contribution >= 0.6 is 11.6 Å². The van der Waals surface area contributed by atoms with E-state index in [9.17, 15) is 22.8 Å². The molecule has 0 aromatic heterocycles. The molecule has 1 saturated heterocycles. The maximum Gasteiger partial charge on any atom is 0.257 e. The number of carbonyl (C=O) groups is 3. The summed E-state index contributed by atoms with van der Waals surface area (Å²) in [4.78, 5) is 36.1. The van der Waals surface area contributed by atoms with E-state index < -0.39 is 27.8 Å². The van der Waals surface area contributed by atoms with Gasteiger partial charge in [-0.05, 0) is 37.3 Å². The highest BCUT2D eigenvalue weighted by Crippen LogP contribution is 2.31. The number of halogens is 1. The minimum Gasteiger partial charge on any atom is -0.322 e. The molecule has 2 aromatic rings. The van der Waals surface area contributed by atoms with Gasteiger partial charge in [-0.2, -0.15) is 0 Å². The predicted octanol–water partition coefficient (Wildman–Crippen LogP) is 3.11. The van der Waals surface area contributed by atoms with Crippen molar-refractivity contribution < 1.29 is 22.8 Å². The van der Waals surface area contributed by atoms with Crippen molar-refractivity contribution in [3.8, 4) is 0 Å². The molecule has 0 unspecified atom stereocenters. The maximum atomic E-state index is 12.5. The fourth-order valence-corrected chi connectivity index (χ4v) is 4.99. The van der Waals surface area contributed by atoms with E-state index in [4.69, 9.17) is 11.6 Å². The number of amides is 2. The molecule has 7 nitrogen and oxygen atoms in total. The van der Waals surface area contributed by atoms with Crippen LogP contribution in [0.3, 0.4) is 0 Å². The van der Waals surface area contributed by atoms with Crippen molar-refractivity contribution in [2.45, 2.75) is 13.8 Å². The van der Waals surface area contributed by atoms with Crippen LogP contribution < -0.4 is 9.62 Å². The largest absolute Gasteiger partial charge is 0.322 e. The molecule has 1 fully saturated rings. The Morgan fingerprint density at radius 2 is 1.89 bits per heavy atom. The fourth-order valence-electron chi connectivity index (χ4n) is 2.92. The Morgan fingerprint density at radius 1 is 1.18 bits per heavy atom. The molecule has 1 N–H and O–H groups in total. The quantitative estimate of drug-likeness (QED) is 0.766. The lowest BCUT2D eigenvalue weighted by molar-refractivity contribution is -0.119. The molecule has 0 bridgehead atoms. The van der Waals surface area contributed by atoms with Gasteiger partial charge in [0.05, 0.1) is 27.9 Å². The summed E-state index contributed by atoms with van der Waals surface area (Å²) in [5.74, 6) is -2.10. The van der Waals surface area contributed by atoms with Crippen LogP contribution in [0.1, 0.15) is 34.6 Å². The number of hydrogen-bond acceptors (Lipinski definition) is 5. The van der Waals surface area contributed by atoms with Crippen LogP contribution in [0.4, 0.5) is 11.4 Å². The first kappa shape index (κ1) is 20.0. The highest BCUT2D eigenvalue weighted by Gasteiger charge is 2.42. The SMILES string of the molecule is CC(=O)c1cccc(NC(=O)c2ccc(N3C(=O)[C@H](C)CS3(=O)=O)cc2Cl)c1. The average molecular weight is 421 g/mol. The number of hydrogen-bond donors (Lipinski definition) is 1.